The number of rotatable bonds is 5. The van der Waals surface area contributed by atoms with Crippen LogP contribution in [-0.2, 0) is 4.79 Å². The number of nitrogens with one attached hydrogen (secondary N) is 2. The van der Waals surface area contributed by atoms with Crippen molar-refractivity contribution in [2.24, 2.45) is 0 Å². The van der Waals surface area contributed by atoms with E-state index in [1.165, 1.54) is 30.8 Å². The molecule has 0 spiro atoms. The van der Waals surface area contributed by atoms with Crippen LogP contribution in [0.15, 0.2) is 36.0 Å². The second-order valence-electron chi connectivity index (χ2n) is 5.43. The van der Waals surface area contributed by atoms with Crippen LogP contribution in [0, 0.1) is 21.4 Å². The molecule has 0 bridgehead atoms. The highest BCUT2D eigenvalue weighted by Crippen LogP contribution is 2.19. The number of anilines is 1. The molecule has 0 saturated heterocycles. The third kappa shape index (κ3) is 4.81. The third-order valence-electron chi connectivity index (χ3n) is 3.75. The Labute approximate surface area is 134 Å². The fraction of sp³-hybridized carbons (Fsp3) is 0.375. The van der Waals surface area contributed by atoms with E-state index in [0.29, 0.717) is 5.69 Å². The first-order chi connectivity index (χ1) is 11.1. The molecule has 1 aliphatic carbocycles. The number of non-ortho nitro benzene ring substituents is 1. The maximum atomic E-state index is 12.1. The van der Waals surface area contributed by atoms with Gasteiger partial charge < -0.3 is 10.6 Å². The second kappa shape index (κ2) is 7.94. The summed E-state index contributed by atoms with van der Waals surface area (Å²) in [7, 11) is 0. The van der Waals surface area contributed by atoms with Gasteiger partial charge in [-0.25, -0.2) is 0 Å². The Morgan fingerprint density at radius 2 is 2.09 bits per heavy atom. The average molecular weight is 314 g/mol. The summed E-state index contributed by atoms with van der Waals surface area (Å²) in [5.74, 6) is -0.419. The molecule has 0 aromatic heterocycles. The molecule has 23 heavy (non-hydrogen) atoms. The van der Waals surface area contributed by atoms with Crippen molar-refractivity contribution in [1.82, 2.24) is 5.32 Å². The molecule has 7 nitrogen and oxygen atoms in total. The monoisotopic (exact) mass is 314 g/mol. The Hall–Kier alpha value is -2.88. The van der Waals surface area contributed by atoms with Gasteiger partial charge in [0.1, 0.15) is 11.6 Å². The molecule has 1 aromatic rings. The Morgan fingerprint density at radius 1 is 1.35 bits per heavy atom. The van der Waals surface area contributed by atoms with E-state index in [-0.39, 0.29) is 17.3 Å². The highest BCUT2D eigenvalue weighted by Gasteiger charge is 2.18. The summed E-state index contributed by atoms with van der Waals surface area (Å²) >= 11 is 0. The lowest BCUT2D eigenvalue weighted by atomic mass is 9.95. The molecule has 1 saturated carbocycles. The Balaban J connectivity index is 2.00. The number of hydrogen-bond acceptors (Lipinski definition) is 5. The van der Waals surface area contributed by atoms with E-state index < -0.39 is 10.8 Å². The second-order valence-corrected chi connectivity index (χ2v) is 5.43. The van der Waals surface area contributed by atoms with Gasteiger partial charge in [0.25, 0.3) is 11.6 Å². The Bertz CT molecular complexity index is 658. The molecule has 1 aromatic carbocycles. The average Bonchev–Trinajstić information content (AvgIpc) is 2.56. The smallest absolute Gasteiger partial charge is 0.271 e. The van der Waals surface area contributed by atoms with Crippen molar-refractivity contribution in [3.8, 4) is 6.07 Å². The largest absolute Gasteiger partial charge is 0.360 e. The maximum Gasteiger partial charge on any atom is 0.271 e. The Kier molecular flexibility index (Phi) is 5.69. The van der Waals surface area contributed by atoms with Crippen LogP contribution < -0.4 is 10.6 Å². The van der Waals surface area contributed by atoms with E-state index in [4.69, 9.17) is 5.26 Å². The van der Waals surface area contributed by atoms with E-state index in [0.717, 1.165) is 25.7 Å². The predicted octanol–water partition coefficient (Wildman–Crippen LogP) is 2.86. The number of amides is 1. The minimum atomic E-state index is -0.504. The predicted molar refractivity (Wildman–Crippen MR) is 85.4 cm³/mol. The maximum absolute atomic E-state index is 12.1. The van der Waals surface area contributed by atoms with Crippen molar-refractivity contribution in [3.63, 3.8) is 0 Å². The lowest BCUT2D eigenvalue weighted by Crippen LogP contribution is -2.37. The van der Waals surface area contributed by atoms with Gasteiger partial charge in [-0.15, -0.1) is 0 Å². The SMILES string of the molecule is N#C/C(=C/Nc1cccc([N+](=O)[O-])c1)C(=O)NC1CCCCC1. The van der Waals surface area contributed by atoms with E-state index >= 15 is 0 Å². The first kappa shape index (κ1) is 16.5. The van der Waals surface area contributed by atoms with Gasteiger partial charge in [0.15, 0.2) is 0 Å². The van der Waals surface area contributed by atoms with Gasteiger partial charge in [-0.3, -0.25) is 14.9 Å². The molecular formula is C16H18N4O3. The number of carbonyl (C=O) groups is 1. The van der Waals surface area contributed by atoms with Crippen LogP contribution in [0.2, 0.25) is 0 Å². The van der Waals surface area contributed by atoms with Crippen molar-refractivity contribution in [2.45, 2.75) is 38.1 Å². The Morgan fingerprint density at radius 3 is 2.74 bits per heavy atom. The quantitative estimate of drug-likeness (QED) is 0.376. The van der Waals surface area contributed by atoms with Crippen molar-refractivity contribution >= 4 is 17.3 Å². The molecule has 0 atom stereocenters. The van der Waals surface area contributed by atoms with Crippen LogP contribution in [0.3, 0.4) is 0 Å². The fourth-order valence-electron chi connectivity index (χ4n) is 2.52. The number of hydrogen-bond donors (Lipinski definition) is 2. The fourth-order valence-corrected chi connectivity index (χ4v) is 2.52. The highest BCUT2D eigenvalue weighted by molar-refractivity contribution is 5.97. The summed E-state index contributed by atoms with van der Waals surface area (Å²) in [6.45, 7) is 0. The first-order valence-electron chi connectivity index (χ1n) is 7.52. The zero-order chi connectivity index (χ0) is 16.7. The number of benzene rings is 1. The zero-order valence-electron chi connectivity index (χ0n) is 12.6. The molecule has 120 valence electrons. The van der Waals surface area contributed by atoms with Crippen molar-refractivity contribution in [1.29, 1.82) is 5.26 Å². The van der Waals surface area contributed by atoms with Gasteiger partial charge in [0.05, 0.1) is 4.92 Å². The molecule has 7 heteroatoms. The molecular weight excluding hydrogens is 296 g/mol. The molecule has 1 amide bonds. The van der Waals surface area contributed by atoms with Gasteiger partial charge in [-0.05, 0) is 18.9 Å². The van der Waals surface area contributed by atoms with Crippen molar-refractivity contribution in [3.05, 3.63) is 46.2 Å². The van der Waals surface area contributed by atoms with Crippen molar-refractivity contribution in [2.75, 3.05) is 5.32 Å². The summed E-state index contributed by atoms with van der Waals surface area (Å²) in [5, 5.41) is 25.5. The summed E-state index contributed by atoms with van der Waals surface area (Å²) in [5.41, 5.74) is 0.327. The summed E-state index contributed by atoms with van der Waals surface area (Å²) in [4.78, 5) is 22.3. The number of carbonyl (C=O) groups excluding carboxylic acids is 1. The molecule has 0 radical (unpaired) electrons. The van der Waals surface area contributed by atoms with Crippen LogP contribution in [0.5, 0.6) is 0 Å². The molecule has 0 heterocycles. The van der Waals surface area contributed by atoms with Gasteiger partial charge >= 0.3 is 0 Å². The minimum Gasteiger partial charge on any atom is -0.360 e. The molecule has 2 rings (SSSR count). The van der Waals surface area contributed by atoms with E-state index in [2.05, 4.69) is 10.6 Å². The first-order valence-corrected chi connectivity index (χ1v) is 7.52. The molecule has 0 unspecified atom stereocenters. The number of nitriles is 1. The minimum absolute atomic E-state index is 0.0536. The van der Waals surface area contributed by atoms with Crippen LogP contribution in [0.4, 0.5) is 11.4 Å². The van der Waals surface area contributed by atoms with Crippen LogP contribution >= 0.6 is 0 Å². The topological polar surface area (TPSA) is 108 Å². The van der Waals surface area contributed by atoms with E-state index in [9.17, 15) is 14.9 Å². The van der Waals surface area contributed by atoms with Crippen LogP contribution in [-0.4, -0.2) is 16.9 Å². The highest BCUT2D eigenvalue weighted by atomic mass is 16.6. The number of nitro groups is 1. The van der Waals surface area contributed by atoms with Gasteiger partial charge in [-0.2, -0.15) is 5.26 Å². The lowest BCUT2D eigenvalue weighted by molar-refractivity contribution is -0.384. The standard InChI is InChI=1S/C16H18N4O3/c17-10-12(16(21)19-13-5-2-1-3-6-13)11-18-14-7-4-8-15(9-14)20(22)23/h4,7-9,11,13,18H,1-3,5-6H2,(H,19,21)/b12-11-. The molecule has 1 aliphatic rings. The van der Waals surface area contributed by atoms with Gasteiger partial charge in [0.2, 0.25) is 0 Å². The summed E-state index contributed by atoms with van der Waals surface area (Å²) in [6, 6.07) is 7.83. The summed E-state index contributed by atoms with van der Waals surface area (Å²) in [6.07, 6.45) is 6.50. The van der Waals surface area contributed by atoms with Crippen LogP contribution in [0.1, 0.15) is 32.1 Å². The van der Waals surface area contributed by atoms with E-state index in [1.807, 2.05) is 6.07 Å². The normalized spacial score (nSPS) is 15.5. The molecule has 2 N–H and O–H groups in total. The zero-order valence-corrected chi connectivity index (χ0v) is 12.6. The van der Waals surface area contributed by atoms with Gasteiger partial charge in [-0.1, -0.05) is 25.3 Å². The number of nitrogens with zero attached hydrogens (tertiary/aromatic N) is 2. The summed E-state index contributed by atoms with van der Waals surface area (Å²) < 4.78 is 0. The van der Waals surface area contributed by atoms with E-state index in [1.54, 1.807) is 6.07 Å². The van der Waals surface area contributed by atoms with Gasteiger partial charge in [0, 0.05) is 30.1 Å². The molecule has 1 fully saturated rings. The van der Waals surface area contributed by atoms with Crippen molar-refractivity contribution < 1.29 is 9.72 Å². The number of nitro benzene ring substituents is 1. The van der Waals surface area contributed by atoms with Crippen LogP contribution in [0.25, 0.3) is 0 Å². The lowest BCUT2D eigenvalue weighted by Gasteiger charge is -2.22. The third-order valence-corrected chi connectivity index (χ3v) is 3.75. The molecule has 0 aliphatic heterocycles.